The van der Waals surface area contributed by atoms with Crippen LogP contribution in [0.15, 0.2) is 0 Å². The Bertz CT molecular complexity index is 137. The van der Waals surface area contributed by atoms with Gasteiger partial charge in [-0.3, -0.25) is 4.79 Å². The van der Waals surface area contributed by atoms with Gasteiger partial charge in [0.1, 0.15) is 6.04 Å². The van der Waals surface area contributed by atoms with Gasteiger partial charge in [-0.2, -0.15) is 10.0 Å². The first kappa shape index (κ1) is 6.51. The molecule has 0 aromatic heterocycles. The summed E-state index contributed by atoms with van der Waals surface area (Å²) in [5.41, 5.74) is 0. The Hall–Kier alpha value is -0.610. The molecule has 1 heterocycles. The van der Waals surface area contributed by atoms with Crippen LogP contribution < -0.4 is 0 Å². The summed E-state index contributed by atoms with van der Waals surface area (Å²) in [5, 5.41) is 2.74. The summed E-state index contributed by atoms with van der Waals surface area (Å²) in [6.45, 7) is 1.80. The summed E-state index contributed by atoms with van der Waals surface area (Å²) in [5.74, 6) is -0.00231. The third kappa shape index (κ3) is 0.906. The van der Waals surface area contributed by atoms with Gasteiger partial charge in [0, 0.05) is 14.1 Å². The highest BCUT2D eigenvalue weighted by Crippen LogP contribution is 2.10. The molecular formula is C5H10N2O2. The van der Waals surface area contributed by atoms with Crippen molar-refractivity contribution in [2.24, 2.45) is 0 Å². The Morgan fingerprint density at radius 2 is 2.11 bits per heavy atom. The number of rotatable bonds is 0. The Labute approximate surface area is 53.9 Å². The standard InChI is InChI=1S/C5H10N2O2/c1-4-5(8)7(3)9-6(4)2/h4H,1-3H3. The molecule has 4 nitrogen and oxygen atoms in total. The molecule has 0 spiro atoms. The van der Waals surface area contributed by atoms with Crippen LogP contribution in [-0.2, 0) is 9.73 Å². The van der Waals surface area contributed by atoms with Gasteiger partial charge in [-0.15, -0.1) is 0 Å². The zero-order chi connectivity index (χ0) is 7.02. The van der Waals surface area contributed by atoms with Gasteiger partial charge in [0.05, 0.1) is 0 Å². The Balaban J connectivity index is 2.65. The first-order valence-electron chi connectivity index (χ1n) is 2.81. The smallest absolute Gasteiger partial charge is 0.266 e. The molecule has 0 radical (unpaired) electrons. The first-order chi connectivity index (χ1) is 4.13. The zero-order valence-electron chi connectivity index (χ0n) is 5.79. The SMILES string of the molecule is CC1C(=O)N(C)ON1C. The second kappa shape index (κ2) is 1.97. The van der Waals surface area contributed by atoms with Gasteiger partial charge in [-0.25, -0.2) is 5.06 Å². The summed E-state index contributed by atoms with van der Waals surface area (Å²) in [6.07, 6.45) is 0. The monoisotopic (exact) mass is 130 g/mol. The second-order valence-electron chi connectivity index (χ2n) is 2.14. The van der Waals surface area contributed by atoms with Crippen molar-refractivity contribution in [2.75, 3.05) is 14.1 Å². The number of hydrogen-bond donors (Lipinski definition) is 0. The molecule has 52 valence electrons. The molecule has 1 fully saturated rings. The van der Waals surface area contributed by atoms with E-state index >= 15 is 0 Å². The highest BCUT2D eigenvalue weighted by atomic mass is 16.9. The summed E-state index contributed by atoms with van der Waals surface area (Å²) in [6, 6.07) is -0.144. The fourth-order valence-electron chi connectivity index (χ4n) is 0.723. The maximum absolute atomic E-state index is 10.9. The molecule has 1 aliphatic rings. The van der Waals surface area contributed by atoms with E-state index in [9.17, 15) is 4.79 Å². The lowest BCUT2D eigenvalue weighted by Gasteiger charge is -2.07. The Morgan fingerprint density at radius 3 is 2.22 bits per heavy atom. The average Bonchev–Trinajstić information content (AvgIpc) is 1.98. The van der Waals surface area contributed by atoms with Crippen LogP contribution in [0.1, 0.15) is 6.92 Å². The molecule has 0 saturated carbocycles. The van der Waals surface area contributed by atoms with E-state index in [0.717, 1.165) is 0 Å². The van der Waals surface area contributed by atoms with Crippen molar-refractivity contribution in [3.8, 4) is 0 Å². The van der Waals surface area contributed by atoms with E-state index in [0.29, 0.717) is 0 Å². The minimum Gasteiger partial charge on any atom is -0.271 e. The maximum Gasteiger partial charge on any atom is 0.266 e. The van der Waals surface area contributed by atoms with Crippen LogP contribution in [0.3, 0.4) is 0 Å². The third-order valence-electron chi connectivity index (χ3n) is 1.46. The lowest BCUT2D eigenvalue weighted by atomic mass is 10.3. The van der Waals surface area contributed by atoms with Gasteiger partial charge in [-0.05, 0) is 6.92 Å². The molecule has 1 saturated heterocycles. The van der Waals surface area contributed by atoms with Gasteiger partial charge in [0.15, 0.2) is 0 Å². The summed E-state index contributed by atoms with van der Waals surface area (Å²) < 4.78 is 0. The van der Waals surface area contributed by atoms with Gasteiger partial charge in [0.2, 0.25) is 0 Å². The van der Waals surface area contributed by atoms with Crippen molar-refractivity contribution in [1.29, 1.82) is 0 Å². The molecule has 0 N–H and O–H groups in total. The van der Waals surface area contributed by atoms with Crippen molar-refractivity contribution in [2.45, 2.75) is 13.0 Å². The third-order valence-corrected chi connectivity index (χ3v) is 1.46. The van der Waals surface area contributed by atoms with Crippen molar-refractivity contribution in [3.05, 3.63) is 0 Å². The van der Waals surface area contributed by atoms with Crippen LogP contribution in [0.25, 0.3) is 0 Å². The van der Waals surface area contributed by atoms with Gasteiger partial charge < -0.3 is 0 Å². The fourth-order valence-corrected chi connectivity index (χ4v) is 0.723. The predicted octanol–water partition coefficient (Wildman–Crippen LogP) is -0.375. The van der Waals surface area contributed by atoms with Gasteiger partial charge >= 0.3 is 0 Å². The fraction of sp³-hybridized carbons (Fsp3) is 0.800. The predicted molar refractivity (Wildman–Crippen MR) is 31.1 cm³/mol. The Kier molecular flexibility index (Phi) is 1.42. The molecule has 1 rings (SSSR count). The average molecular weight is 130 g/mol. The molecule has 0 aliphatic carbocycles. The van der Waals surface area contributed by atoms with Crippen LogP contribution in [0.4, 0.5) is 0 Å². The maximum atomic E-state index is 10.9. The van der Waals surface area contributed by atoms with E-state index in [4.69, 9.17) is 4.94 Å². The molecule has 9 heavy (non-hydrogen) atoms. The first-order valence-corrected chi connectivity index (χ1v) is 2.81. The number of carbonyl (C=O) groups is 1. The molecule has 1 amide bonds. The van der Waals surface area contributed by atoms with Crippen molar-refractivity contribution in [3.63, 3.8) is 0 Å². The number of likely N-dealkylation sites (N-methyl/N-ethyl adjacent to an activating group) is 2. The van der Waals surface area contributed by atoms with Crippen LogP contribution >= 0.6 is 0 Å². The molecule has 1 atom stereocenters. The number of hydrogen-bond acceptors (Lipinski definition) is 3. The molecular weight excluding hydrogens is 120 g/mol. The normalized spacial score (nSPS) is 29.9. The van der Waals surface area contributed by atoms with E-state index in [1.165, 1.54) is 10.1 Å². The van der Waals surface area contributed by atoms with E-state index < -0.39 is 0 Å². The summed E-state index contributed by atoms with van der Waals surface area (Å²) in [7, 11) is 3.33. The Morgan fingerprint density at radius 1 is 1.56 bits per heavy atom. The number of hydroxylamine groups is 4. The molecule has 1 unspecified atom stereocenters. The van der Waals surface area contributed by atoms with Gasteiger partial charge in [-0.1, -0.05) is 0 Å². The highest BCUT2D eigenvalue weighted by Gasteiger charge is 2.31. The van der Waals surface area contributed by atoms with Crippen molar-refractivity contribution < 1.29 is 9.73 Å². The molecule has 1 aliphatic heterocycles. The summed E-state index contributed by atoms with van der Waals surface area (Å²) in [4.78, 5) is 15.8. The van der Waals surface area contributed by atoms with Gasteiger partial charge in [0.25, 0.3) is 5.91 Å². The largest absolute Gasteiger partial charge is 0.271 e. The van der Waals surface area contributed by atoms with E-state index in [-0.39, 0.29) is 11.9 Å². The molecule has 0 bridgehead atoms. The van der Waals surface area contributed by atoms with Crippen LogP contribution in [-0.4, -0.2) is 36.2 Å². The zero-order valence-corrected chi connectivity index (χ0v) is 5.79. The molecule has 0 aromatic carbocycles. The quantitative estimate of drug-likeness (QED) is 0.448. The summed E-state index contributed by atoms with van der Waals surface area (Å²) >= 11 is 0. The van der Waals surface area contributed by atoms with Crippen LogP contribution in [0.5, 0.6) is 0 Å². The number of nitrogens with zero attached hydrogens (tertiary/aromatic N) is 2. The number of carbonyl (C=O) groups excluding carboxylic acids is 1. The van der Waals surface area contributed by atoms with Crippen LogP contribution in [0, 0.1) is 0 Å². The van der Waals surface area contributed by atoms with E-state index in [1.54, 1.807) is 21.0 Å². The minimum absolute atomic E-state index is 0.00231. The highest BCUT2D eigenvalue weighted by molar-refractivity contribution is 5.81. The molecule has 0 aromatic rings. The molecule has 4 heteroatoms. The van der Waals surface area contributed by atoms with Crippen molar-refractivity contribution >= 4 is 5.91 Å². The topological polar surface area (TPSA) is 32.8 Å². The van der Waals surface area contributed by atoms with Crippen molar-refractivity contribution in [1.82, 2.24) is 10.1 Å². The lowest BCUT2D eigenvalue weighted by Crippen LogP contribution is -2.26. The number of amides is 1. The second-order valence-corrected chi connectivity index (χ2v) is 2.14. The van der Waals surface area contributed by atoms with E-state index in [2.05, 4.69) is 0 Å². The minimum atomic E-state index is -0.144. The van der Waals surface area contributed by atoms with E-state index in [1.807, 2.05) is 0 Å². The van der Waals surface area contributed by atoms with Crippen LogP contribution in [0.2, 0.25) is 0 Å². The lowest BCUT2D eigenvalue weighted by molar-refractivity contribution is -0.250.